The van der Waals surface area contributed by atoms with E-state index in [4.69, 9.17) is 4.74 Å². The maximum atomic E-state index is 12.9. The number of carbonyl (C=O) groups is 4. The molecule has 1 N–H and O–H groups in total. The van der Waals surface area contributed by atoms with Gasteiger partial charge in [0.15, 0.2) is 6.61 Å². The molecule has 1 saturated heterocycles. The molecule has 3 rings (SSSR count). The van der Waals surface area contributed by atoms with E-state index in [0.717, 1.165) is 40.9 Å². The van der Waals surface area contributed by atoms with Crippen molar-refractivity contribution >= 4 is 23.8 Å². The molecule has 168 valence electrons. The fourth-order valence-electron chi connectivity index (χ4n) is 4.43. The van der Waals surface area contributed by atoms with Crippen molar-refractivity contribution in [3.8, 4) is 0 Å². The number of aryl methyl sites for hydroxylation is 2. The summed E-state index contributed by atoms with van der Waals surface area (Å²) >= 11 is 0. The molecule has 2 fully saturated rings. The number of hydrogen-bond acceptors (Lipinski definition) is 5. The van der Waals surface area contributed by atoms with Crippen LogP contribution in [0.3, 0.4) is 0 Å². The number of rotatable bonds is 6. The van der Waals surface area contributed by atoms with Crippen molar-refractivity contribution in [1.29, 1.82) is 0 Å². The van der Waals surface area contributed by atoms with E-state index < -0.39 is 30.7 Å². The molecule has 8 heteroatoms. The third-order valence-electron chi connectivity index (χ3n) is 6.48. The first kappa shape index (κ1) is 22.8. The molecule has 0 aromatic heterocycles. The predicted octanol–water partition coefficient (Wildman–Crippen LogP) is 2.31. The average molecular weight is 430 g/mol. The summed E-state index contributed by atoms with van der Waals surface area (Å²) in [6, 6.07) is 5.43. The van der Waals surface area contributed by atoms with Gasteiger partial charge in [0.1, 0.15) is 12.1 Å². The van der Waals surface area contributed by atoms with Crippen LogP contribution in [-0.4, -0.2) is 59.4 Å². The minimum absolute atomic E-state index is 0.0131. The molecule has 31 heavy (non-hydrogen) atoms. The van der Waals surface area contributed by atoms with Crippen LogP contribution < -0.4 is 5.32 Å². The summed E-state index contributed by atoms with van der Waals surface area (Å²) in [5.41, 5.74) is 2.33. The van der Waals surface area contributed by atoms with Gasteiger partial charge in [0, 0.05) is 13.6 Å². The molecule has 4 amide bonds. The normalized spacial score (nSPS) is 23.1. The highest BCUT2D eigenvalue weighted by molar-refractivity contribution is 6.09. The fraction of sp³-hybridized carbons (Fsp3) is 0.565. The van der Waals surface area contributed by atoms with Crippen LogP contribution in [0, 0.1) is 19.8 Å². The summed E-state index contributed by atoms with van der Waals surface area (Å²) in [6.45, 7) is 5.41. The van der Waals surface area contributed by atoms with Crippen LogP contribution in [0.2, 0.25) is 0 Å². The highest BCUT2D eigenvalue weighted by Gasteiger charge is 2.55. The van der Waals surface area contributed by atoms with Crippen molar-refractivity contribution < 1.29 is 23.9 Å². The van der Waals surface area contributed by atoms with Crippen molar-refractivity contribution in [3.05, 3.63) is 34.9 Å². The number of likely N-dealkylation sites (N-methyl/N-ethyl adjacent to an activating group) is 1. The van der Waals surface area contributed by atoms with E-state index in [1.54, 1.807) is 7.05 Å². The molecule has 1 spiro atoms. The zero-order chi connectivity index (χ0) is 22.8. The number of amides is 4. The maximum Gasteiger partial charge on any atom is 0.326 e. The standard InChI is InChI=1S/C23H31N3O5/c1-15-8-9-18(16(2)11-15)12-25(4)19(27)14-31-20(28)13-26-21(29)23(24-22(26)30)10-6-5-7-17(23)3/h8-9,11,17H,5-7,10,12-14H2,1-4H3,(H,24,30)/t17-,23+/m1/s1. The highest BCUT2D eigenvalue weighted by atomic mass is 16.5. The number of ether oxygens (including phenoxy) is 1. The lowest BCUT2D eigenvalue weighted by Crippen LogP contribution is -2.54. The monoisotopic (exact) mass is 429 g/mol. The third kappa shape index (κ3) is 4.73. The Kier molecular flexibility index (Phi) is 6.67. The molecule has 1 saturated carbocycles. The maximum absolute atomic E-state index is 12.9. The van der Waals surface area contributed by atoms with E-state index >= 15 is 0 Å². The Morgan fingerprint density at radius 2 is 2.00 bits per heavy atom. The van der Waals surface area contributed by atoms with Gasteiger partial charge >= 0.3 is 12.0 Å². The first-order chi connectivity index (χ1) is 14.6. The van der Waals surface area contributed by atoms with Crippen LogP contribution in [0.1, 0.15) is 49.3 Å². The summed E-state index contributed by atoms with van der Waals surface area (Å²) in [6.07, 6.45) is 3.30. The number of carbonyl (C=O) groups excluding carboxylic acids is 4. The zero-order valence-corrected chi connectivity index (χ0v) is 18.7. The number of hydrogen-bond donors (Lipinski definition) is 1. The second-order valence-corrected chi connectivity index (χ2v) is 8.78. The molecule has 1 heterocycles. The third-order valence-corrected chi connectivity index (χ3v) is 6.48. The number of esters is 1. The van der Waals surface area contributed by atoms with Gasteiger partial charge in [0.05, 0.1) is 0 Å². The Labute approximate surface area is 182 Å². The Morgan fingerprint density at radius 3 is 2.68 bits per heavy atom. The van der Waals surface area contributed by atoms with Crippen molar-refractivity contribution in [1.82, 2.24) is 15.1 Å². The number of nitrogens with one attached hydrogen (secondary N) is 1. The van der Waals surface area contributed by atoms with E-state index in [1.807, 2.05) is 39.0 Å². The lowest BCUT2D eigenvalue weighted by Gasteiger charge is -2.36. The van der Waals surface area contributed by atoms with E-state index in [9.17, 15) is 19.2 Å². The second kappa shape index (κ2) is 9.08. The first-order valence-electron chi connectivity index (χ1n) is 10.7. The highest BCUT2D eigenvalue weighted by Crippen LogP contribution is 2.38. The minimum Gasteiger partial charge on any atom is -0.454 e. The molecule has 0 unspecified atom stereocenters. The molecule has 1 aliphatic carbocycles. The van der Waals surface area contributed by atoms with E-state index in [0.29, 0.717) is 13.0 Å². The summed E-state index contributed by atoms with van der Waals surface area (Å²) in [4.78, 5) is 52.3. The van der Waals surface area contributed by atoms with Gasteiger partial charge in [-0.1, -0.05) is 43.5 Å². The van der Waals surface area contributed by atoms with Crippen LogP contribution in [0.25, 0.3) is 0 Å². The van der Waals surface area contributed by atoms with Crippen LogP contribution in [-0.2, 0) is 25.7 Å². The number of urea groups is 1. The number of nitrogens with zero attached hydrogens (tertiary/aromatic N) is 2. The van der Waals surface area contributed by atoms with E-state index in [2.05, 4.69) is 5.32 Å². The SMILES string of the molecule is Cc1ccc(CN(C)C(=O)COC(=O)CN2C(=O)N[C@]3(CCCC[C@H]3C)C2=O)c(C)c1. The van der Waals surface area contributed by atoms with Crippen LogP contribution in [0.4, 0.5) is 4.79 Å². The minimum atomic E-state index is -0.919. The Balaban J connectivity index is 1.52. The summed E-state index contributed by atoms with van der Waals surface area (Å²) < 4.78 is 5.07. The Morgan fingerprint density at radius 1 is 1.26 bits per heavy atom. The van der Waals surface area contributed by atoms with Crippen molar-refractivity contribution in [3.63, 3.8) is 0 Å². The molecule has 1 aliphatic heterocycles. The lowest BCUT2D eigenvalue weighted by molar-refractivity contribution is -0.153. The predicted molar refractivity (Wildman–Crippen MR) is 114 cm³/mol. The van der Waals surface area contributed by atoms with Crippen LogP contribution >= 0.6 is 0 Å². The molecular formula is C23H31N3O5. The number of benzene rings is 1. The van der Waals surface area contributed by atoms with Gasteiger partial charge in [-0.2, -0.15) is 0 Å². The van der Waals surface area contributed by atoms with Gasteiger partial charge in [-0.3, -0.25) is 19.3 Å². The van der Waals surface area contributed by atoms with Crippen molar-refractivity contribution in [2.75, 3.05) is 20.2 Å². The molecule has 1 aromatic carbocycles. The molecule has 8 nitrogen and oxygen atoms in total. The topological polar surface area (TPSA) is 96.0 Å². The molecule has 0 bridgehead atoms. The molecule has 2 atom stereocenters. The van der Waals surface area contributed by atoms with Crippen LogP contribution in [0.5, 0.6) is 0 Å². The smallest absolute Gasteiger partial charge is 0.326 e. The van der Waals surface area contributed by atoms with Gasteiger partial charge in [-0.15, -0.1) is 0 Å². The van der Waals surface area contributed by atoms with Gasteiger partial charge < -0.3 is 15.0 Å². The summed E-state index contributed by atoms with van der Waals surface area (Å²) in [5.74, 6) is -1.50. The van der Waals surface area contributed by atoms with Gasteiger partial charge in [-0.25, -0.2) is 4.79 Å². The summed E-state index contributed by atoms with van der Waals surface area (Å²) in [7, 11) is 1.64. The van der Waals surface area contributed by atoms with Crippen LogP contribution in [0.15, 0.2) is 18.2 Å². The zero-order valence-electron chi connectivity index (χ0n) is 18.7. The van der Waals surface area contributed by atoms with Gasteiger partial charge in [0.25, 0.3) is 11.8 Å². The molecular weight excluding hydrogens is 398 g/mol. The van der Waals surface area contributed by atoms with E-state index in [-0.39, 0.29) is 17.7 Å². The largest absolute Gasteiger partial charge is 0.454 e. The van der Waals surface area contributed by atoms with Gasteiger partial charge in [0.2, 0.25) is 0 Å². The average Bonchev–Trinajstić information content (AvgIpc) is 2.95. The molecule has 2 aliphatic rings. The first-order valence-corrected chi connectivity index (χ1v) is 10.7. The quantitative estimate of drug-likeness (QED) is 0.553. The second-order valence-electron chi connectivity index (χ2n) is 8.78. The van der Waals surface area contributed by atoms with Gasteiger partial charge in [-0.05, 0) is 43.7 Å². The van der Waals surface area contributed by atoms with E-state index in [1.165, 1.54) is 4.90 Å². The number of imide groups is 1. The fourth-order valence-corrected chi connectivity index (χ4v) is 4.43. The van der Waals surface area contributed by atoms with Crippen molar-refractivity contribution in [2.45, 2.75) is 58.5 Å². The Hall–Kier alpha value is -2.90. The molecule has 1 aromatic rings. The molecule has 0 radical (unpaired) electrons. The Bertz CT molecular complexity index is 899. The summed E-state index contributed by atoms with van der Waals surface area (Å²) in [5, 5.41) is 2.80. The lowest BCUT2D eigenvalue weighted by atomic mass is 9.73. The van der Waals surface area contributed by atoms with Crippen molar-refractivity contribution in [2.24, 2.45) is 5.92 Å².